The molecule has 1 aliphatic heterocycles. The molecule has 1 aromatic carbocycles. The van der Waals surface area contributed by atoms with Crippen LogP contribution in [0, 0.1) is 5.92 Å². The number of carbonyl (C=O) groups excluding carboxylic acids is 1. The molecule has 0 spiro atoms. The van der Waals surface area contributed by atoms with Gasteiger partial charge in [-0.15, -0.1) is 22.6 Å². The summed E-state index contributed by atoms with van der Waals surface area (Å²) in [6.45, 7) is 6.05. The van der Waals surface area contributed by atoms with Gasteiger partial charge in [0, 0.05) is 11.5 Å². The number of hydrogen-bond acceptors (Lipinski definition) is 6. The van der Waals surface area contributed by atoms with Crippen LogP contribution in [0.25, 0.3) is 10.6 Å². The highest BCUT2D eigenvalue weighted by Gasteiger charge is 2.30. The summed E-state index contributed by atoms with van der Waals surface area (Å²) >= 11 is 1.71. The zero-order chi connectivity index (χ0) is 20.2. The number of rotatable bonds is 5. The normalized spacial score (nSPS) is 22.5. The quantitative estimate of drug-likeness (QED) is 0.626. The van der Waals surface area contributed by atoms with E-state index in [4.69, 9.17) is 4.74 Å². The lowest BCUT2D eigenvalue weighted by molar-refractivity contribution is -0.153. The predicted octanol–water partition coefficient (Wildman–Crippen LogP) is 5.32. The van der Waals surface area contributed by atoms with E-state index in [-0.39, 0.29) is 30.4 Å². The molecule has 1 saturated carbocycles. The Hall–Kier alpha value is -1.50. The van der Waals surface area contributed by atoms with Crippen LogP contribution in [0.3, 0.4) is 0 Å². The van der Waals surface area contributed by atoms with Crippen LogP contribution in [-0.2, 0) is 9.53 Å². The Labute approximate surface area is 189 Å². The Kier molecular flexibility index (Phi) is 8.26. The van der Waals surface area contributed by atoms with Crippen molar-refractivity contribution in [3.8, 4) is 10.6 Å². The number of carbonyl (C=O) groups is 1. The van der Waals surface area contributed by atoms with Crippen molar-refractivity contribution in [2.24, 2.45) is 5.92 Å². The topological polar surface area (TPSA) is 64.1 Å². The summed E-state index contributed by atoms with van der Waals surface area (Å²) in [5.74, 6) is 1.10. The second kappa shape index (κ2) is 10.7. The van der Waals surface area contributed by atoms with Gasteiger partial charge in [-0.3, -0.25) is 4.79 Å². The number of hydrogen-bond donors (Lipinski definition) is 1. The Morgan fingerprint density at radius 3 is 2.30 bits per heavy atom. The summed E-state index contributed by atoms with van der Waals surface area (Å²) in [5, 5.41) is 14.5. The van der Waals surface area contributed by atoms with E-state index in [1.165, 1.54) is 18.4 Å². The van der Waals surface area contributed by atoms with Crippen LogP contribution >= 0.6 is 23.7 Å². The molecule has 2 heterocycles. The zero-order valence-electron chi connectivity index (χ0n) is 17.8. The molecule has 1 aromatic heterocycles. The second-order valence-corrected chi connectivity index (χ2v) is 9.64. The van der Waals surface area contributed by atoms with Gasteiger partial charge in [-0.2, -0.15) is 0 Å². The fourth-order valence-corrected chi connectivity index (χ4v) is 5.49. The molecule has 4 rings (SSSR count). The highest BCUT2D eigenvalue weighted by atomic mass is 35.5. The van der Waals surface area contributed by atoms with Gasteiger partial charge in [0.25, 0.3) is 0 Å². The molecule has 0 atom stereocenters. The summed E-state index contributed by atoms with van der Waals surface area (Å²) in [7, 11) is 0. The monoisotopic (exact) mass is 449 g/mol. The largest absolute Gasteiger partial charge is 0.463 e. The first-order valence-corrected chi connectivity index (χ1v) is 11.8. The van der Waals surface area contributed by atoms with Gasteiger partial charge in [0.1, 0.15) is 10.0 Å². The van der Waals surface area contributed by atoms with Crippen molar-refractivity contribution in [1.29, 1.82) is 0 Å². The molecule has 0 radical (unpaired) electrons. The van der Waals surface area contributed by atoms with Crippen LogP contribution in [-0.4, -0.2) is 35.4 Å². The smallest absolute Gasteiger partial charge is 0.309 e. The van der Waals surface area contributed by atoms with Gasteiger partial charge in [0.2, 0.25) is 0 Å². The maximum absolute atomic E-state index is 12.1. The Morgan fingerprint density at radius 2 is 1.67 bits per heavy atom. The zero-order valence-corrected chi connectivity index (χ0v) is 19.4. The minimum absolute atomic E-state index is 0. The van der Waals surface area contributed by atoms with Crippen molar-refractivity contribution < 1.29 is 9.53 Å². The highest BCUT2D eigenvalue weighted by molar-refractivity contribution is 7.14. The Balaban J connectivity index is 0.00000256. The van der Waals surface area contributed by atoms with Crippen molar-refractivity contribution in [1.82, 2.24) is 15.5 Å². The lowest BCUT2D eigenvalue weighted by atomic mass is 9.82. The molecular weight excluding hydrogens is 418 g/mol. The van der Waals surface area contributed by atoms with Gasteiger partial charge in [0.05, 0.1) is 12.0 Å². The fourth-order valence-electron chi connectivity index (χ4n) is 4.47. The minimum Gasteiger partial charge on any atom is -0.463 e. The van der Waals surface area contributed by atoms with Crippen LogP contribution in [0.1, 0.15) is 74.8 Å². The molecule has 1 saturated heterocycles. The first kappa shape index (κ1) is 23.2. The van der Waals surface area contributed by atoms with E-state index < -0.39 is 0 Å². The molecule has 0 bridgehead atoms. The van der Waals surface area contributed by atoms with Crippen molar-refractivity contribution in [3.05, 3.63) is 34.8 Å². The highest BCUT2D eigenvalue weighted by Crippen LogP contribution is 2.39. The van der Waals surface area contributed by atoms with Crippen LogP contribution in [0.15, 0.2) is 24.3 Å². The summed E-state index contributed by atoms with van der Waals surface area (Å²) in [5.41, 5.74) is 2.59. The number of esters is 1. The van der Waals surface area contributed by atoms with E-state index in [0.717, 1.165) is 54.4 Å². The van der Waals surface area contributed by atoms with E-state index in [2.05, 4.69) is 39.8 Å². The molecule has 30 heavy (non-hydrogen) atoms. The number of nitrogens with one attached hydrogen (secondary N) is 1. The minimum atomic E-state index is -0.0368. The van der Waals surface area contributed by atoms with Gasteiger partial charge in [-0.1, -0.05) is 35.6 Å². The van der Waals surface area contributed by atoms with Gasteiger partial charge >= 0.3 is 5.97 Å². The maximum atomic E-state index is 12.1. The number of halogens is 1. The van der Waals surface area contributed by atoms with Gasteiger partial charge < -0.3 is 10.1 Å². The predicted molar refractivity (Wildman–Crippen MR) is 123 cm³/mol. The molecular formula is C23H32ClN3O2S. The van der Waals surface area contributed by atoms with E-state index in [0.29, 0.717) is 11.8 Å². The molecule has 164 valence electrons. The number of ether oxygens (including phenoxy) is 1. The van der Waals surface area contributed by atoms with Crippen molar-refractivity contribution in [3.63, 3.8) is 0 Å². The maximum Gasteiger partial charge on any atom is 0.309 e. The average molecular weight is 450 g/mol. The molecule has 2 aromatic rings. The summed E-state index contributed by atoms with van der Waals surface area (Å²) in [6, 6.07) is 8.91. The molecule has 2 aliphatic rings. The number of piperidine rings is 1. The van der Waals surface area contributed by atoms with E-state index in [1.54, 1.807) is 11.3 Å². The third-order valence-electron chi connectivity index (χ3n) is 6.17. The SMILES string of the molecule is CC(C)OC(=O)C1CCC(c2nnc(-c3ccc(C4CCNCC4)cc3)s2)CC1.Cl. The van der Waals surface area contributed by atoms with Crippen LogP contribution < -0.4 is 5.32 Å². The van der Waals surface area contributed by atoms with Crippen molar-refractivity contribution in [2.45, 2.75) is 70.3 Å². The number of aromatic nitrogens is 2. The summed E-state index contributed by atoms with van der Waals surface area (Å²) in [4.78, 5) is 12.1. The van der Waals surface area contributed by atoms with Crippen LogP contribution in [0.5, 0.6) is 0 Å². The van der Waals surface area contributed by atoms with Crippen molar-refractivity contribution in [2.75, 3.05) is 13.1 Å². The third kappa shape index (κ3) is 5.59. The standard InChI is InChI=1S/C23H31N3O2S.ClH/c1-15(2)28-23(27)20-9-7-19(8-10-20)22-26-25-21(29-22)18-5-3-16(4-6-18)17-11-13-24-14-12-17;/h3-6,15,17,19-20,24H,7-14H2,1-2H3;1H. The molecule has 2 fully saturated rings. The van der Waals surface area contributed by atoms with E-state index >= 15 is 0 Å². The lowest BCUT2D eigenvalue weighted by Gasteiger charge is -2.26. The van der Waals surface area contributed by atoms with Crippen LogP contribution in [0.4, 0.5) is 0 Å². The molecule has 0 unspecified atom stereocenters. The van der Waals surface area contributed by atoms with Gasteiger partial charge in [-0.05, 0) is 76.9 Å². The number of benzene rings is 1. The molecule has 5 nitrogen and oxygen atoms in total. The van der Waals surface area contributed by atoms with Gasteiger partial charge in [0.15, 0.2) is 0 Å². The van der Waals surface area contributed by atoms with Gasteiger partial charge in [-0.25, -0.2) is 0 Å². The second-order valence-electron chi connectivity index (χ2n) is 8.63. The lowest BCUT2D eigenvalue weighted by Crippen LogP contribution is -2.26. The summed E-state index contributed by atoms with van der Waals surface area (Å²) < 4.78 is 5.38. The molecule has 1 aliphatic carbocycles. The third-order valence-corrected chi connectivity index (χ3v) is 7.31. The summed E-state index contributed by atoms with van der Waals surface area (Å²) in [6.07, 6.45) is 6.15. The average Bonchev–Trinajstić information content (AvgIpc) is 3.24. The first-order valence-electron chi connectivity index (χ1n) is 10.9. The molecule has 1 N–H and O–H groups in total. The molecule has 0 amide bonds. The Bertz CT molecular complexity index is 810. The Morgan fingerprint density at radius 1 is 1.00 bits per heavy atom. The molecule has 7 heteroatoms. The van der Waals surface area contributed by atoms with E-state index in [1.807, 2.05) is 13.8 Å². The fraction of sp³-hybridized carbons (Fsp3) is 0.609. The van der Waals surface area contributed by atoms with Crippen LogP contribution in [0.2, 0.25) is 0 Å². The van der Waals surface area contributed by atoms with Crippen molar-refractivity contribution >= 4 is 29.7 Å². The number of nitrogens with zero attached hydrogens (tertiary/aromatic N) is 2. The first-order chi connectivity index (χ1) is 14.1. The van der Waals surface area contributed by atoms with E-state index in [9.17, 15) is 4.79 Å².